The summed E-state index contributed by atoms with van der Waals surface area (Å²) in [5, 5.41) is 5.65. The number of benzene rings is 1. The number of hydrogen-bond donors (Lipinski definition) is 2. The van der Waals surface area contributed by atoms with E-state index in [1.54, 1.807) is 0 Å². The SMILES string of the molecule is CC1(CNCc2c[nH]c3cc(Cl)ccc23)CCCS1. The fourth-order valence-electron chi connectivity index (χ4n) is 2.74. The van der Waals surface area contributed by atoms with Crippen molar-refractivity contribution in [3.05, 3.63) is 35.0 Å². The summed E-state index contributed by atoms with van der Waals surface area (Å²) in [6.07, 6.45) is 4.76. The molecule has 1 aliphatic rings. The first-order chi connectivity index (χ1) is 9.16. The second kappa shape index (κ2) is 5.39. The molecule has 2 nitrogen and oxygen atoms in total. The average molecular weight is 295 g/mol. The van der Waals surface area contributed by atoms with Crippen LogP contribution < -0.4 is 5.32 Å². The smallest absolute Gasteiger partial charge is 0.0472 e. The molecule has 0 amide bonds. The Balaban J connectivity index is 1.65. The molecule has 1 atom stereocenters. The van der Waals surface area contributed by atoms with Gasteiger partial charge < -0.3 is 10.3 Å². The van der Waals surface area contributed by atoms with E-state index in [0.29, 0.717) is 4.75 Å². The Morgan fingerprint density at radius 2 is 2.37 bits per heavy atom. The number of fused-ring (bicyclic) bond motifs is 1. The lowest BCUT2D eigenvalue weighted by molar-refractivity contribution is 0.538. The summed E-state index contributed by atoms with van der Waals surface area (Å²) in [6, 6.07) is 6.03. The highest BCUT2D eigenvalue weighted by atomic mass is 35.5. The third kappa shape index (κ3) is 2.93. The Morgan fingerprint density at radius 3 is 3.16 bits per heavy atom. The van der Waals surface area contributed by atoms with E-state index in [4.69, 9.17) is 11.6 Å². The quantitative estimate of drug-likeness (QED) is 0.884. The Morgan fingerprint density at radius 1 is 1.47 bits per heavy atom. The standard InChI is InChI=1S/C15H19ClN2S/c1-15(5-2-6-19-15)10-17-8-11-9-18-14-7-12(16)3-4-13(11)14/h3-4,7,9,17-18H,2,5-6,8,10H2,1H3. The number of aromatic amines is 1. The van der Waals surface area contributed by atoms with E-state index in [0.717, 1.165) is 23.6 Å². The highest BCUT2D eigenvalue weighted by molar-refractivity contribution is 8.00. The molecule has 1 fully saturated rings. The van der Waals surface area contributed by atoms with Gasteiger partial charge in [0.15, 0.2) is 0 Å². The molecule has 19 heavy (non-hydrogen) atoms. The summed E-state index contributed by atoms with van der Waals surface area (Å²) < 4.78 is 0.426. The van der Waals surface area contributed by atoms with Crippen molar-refractivity contribution in [2.45, 2.75) is 31.1 Å². The topological polar surface area (TPSA) is 27.8 Å². The second-order valence-electron chi connectivity index (χ2n) is 5.51. The van der Waals surface area contributed by atoms with Gasteiger partial charge in [-0.1, -0.05) is 17.7 Å². The van der Waals surface area contributed by atoms with E-state index in [-0.39, 0.29) is 0 Å². The summed E-state index contributed by atoms with van der Waals surface area (Å²) in [4.78, 5) is 3.29. The number of halogens is 1. The third-order valence-electron chi connectivity index (χ3n) is 3.84. The minimum atomic E-state index is 0.426. The van der Waals surface area contributed by atoms with Crippen molar-refractivity contribution < 1.29 is 0 Å². The van der Waals surface area contributed by atoms with Crippen LogP contribution in [0.3, 0.4) is 0 Å². The zero-order chi connectivity index (χ0) is 13.3. The molecule has 0 bridgehead atoms. The number of aromatic nitrogens is 1. The fourth-order valence-corrected chi connectivity index (χ4v) is 4.19. The number of thioether (sulfide) groups is 1. The van der Waals surface area contributed by atoms with Crippen LogP contribution in [0.2, 0.25) is 5.02 Å². The van der Waals surface area contributed by atoms with E-state index in [1.807, 2.05) is 12.1 Å². The molecule has 2 heterocycles. The maximum absolute atomic E-state index is 6.00. The van der Waals surface area contributed by atoms with Gasteiger partial charge in [-0.3, -0.25) is 0 Å². The van der Waals surface area contributed by atoms with Gasteiger partial charge in [0.2, 0.25) is 0 Å². The average Bonchev–Trinajstić information content (AvgIpc) is 2.97. The lowest BCUT2D eigenvalue weighted by atomic mass is 10.1. The first kappa shape index (κ1) is 13.3. The van der Waals surface area contributed by atoms with Gasteiger partial charge in [-0.05, 0) is 43.2 Å². The van der Waals surface area contributed by atoms with Crippen LogP contribution in [0.4, 0.5) is 0 Å². The Kier molecular flexibility index (Phi) is 3.79. The zero-order valence-corrected chi connectivity index (χ0v) is 12.7. The highest BCUT2D eigenvalue weighted by Crippen LogP contribution is 2.37. The monoisotopic (exact) mass is 294 g/mol. The highest BCUT2D eigenvalue weighted by Gasteiger charge is 2.28. The van der Waals surface area contributed by atoms with Crippen molar-refractivity contribution in [3.8, 4) is 0 Å². The minimum absolute atomic E-state index is 0.426. The molecule has 0 aliphatic carbocycles. The van der Waals surface area contributed by atoms with Crippen LogP contribution in [0.25, 0.3) is 10.9 Å². The predicted octanol–water partition coefficient (Wildman–Crippen LogP) is 4.20. The van der Waals surface area contributed by atoms with Gasteiger partial charge in [0, 0.05) is 40.0 Å². The van der Waals surface area contributed by atoms with Gasteiger partial charge >= 0.3 is 0 Å². The molecule has 0 saturated carbocycles. The summed E-state index contributed by atoms with van der Waals surface area (Å²) in [7, 11) is 0. The van der Waals surface area contributed by atoms with Crippen LogP contribution in [0.5, 0.6) is 0 Å². The molecule has 2 aromatic rings. The normalized spacial score (nSPS) is 23.3. The first-order valence-corrected chi connectivity index (χ1v) is 8.13. The number of hydrogen-bond acceptors (Lipinski definition) is 2. The van der Waals surface area contributed by atoms with Crippen LogP contribution in [0, 0.1) is 0 Å². The first-order valence-electron chi connectivity index (χ1n) is 6.76. The van der Waals surface area contributed by atoms with E-state index >= 15 is 0 Å². The molecule has 4 heteroatoms. The van der Waals surface area contributed by atoms with Gasteiger partial charge in [0.1, 0.15) is 0 Å². The Labute approximate surface area is 123 Å². The van der Waals surface area contributed by atoms with Crippen LogP contribution >= 0.6 is 23.4 Å². The summed E-state index contributed by atoms with van der Waals surface area (Å²) >= 11 is 8.10. The second-order valence-corrected chi connectivity index (χ2v) is 7.63. The lowest BCUT2D eigenvalue weighted by Crippen LogP contribution is -2.32. The maximum atomic E-state index is 6.00. The molecular formula is C15H19ClN2S. The summed E-state index contributed by atoms with van der Waals surface area (Å²) in [5.41, 5.74) is 2.43. The van der Waals surface area contributed by atoms with Crippen LogP contribution in [0.1, 0.15) is 25.3 Å². The molecular weight excluding hydrogens is 276 g/mol. The van der Waals surface area contributed by atoms with Crippen molar-refractivity contribution >= 4 is 34.3 Å². The molecule has 0 spiro atoms. The number of nitrogens with one attached hydrogen (secondary N) is 2. The van der Waals surface area contributed by atoms with Gasteiger partial charge in [0.05, 0.1) is 0 Å². The van der Waals surface area contributed by atoms with Crippen molar-refractivity contribution in [2.24, 2.45) is 0 Å². The molecule has 3 rings (SSSR count). The molecule has 1 aromatic carbocycles. The Bertz CT molecular complexity index is 573. The lowest BCUT2D eigenvalue weighted by Gasteiger charge is -2.22. The predicted molar refractivity (Wildman–Crippen MR) is 85.1 cm³/mol. The van der Waals surface area contributed by atoms with Gasteiger partial charge in [-0.15, -0.1) is 0 Å². The molecule has 102 valence electrons. The molecule has 1 unspecified atom stereocenters. The van der Waals surface area contributed by atoms with Crippen molar-refractivity contribution in [1.82, 2.24) is 10.3 Å². The van der Waals surface area contributed by atoms with Gasteiger partial charge in [-0.25, -0.2) is 0 Å². The molecule has 1 saturated heterocycles. The molecule has 1 aliphatic heterocycles. The minimum Gasteiger partial charge on any atom is -0.361 e. The van der Waals surface area contributed by atoms with E-state index in [1.165, 1.54) is 29.5 Å². The number of rotatable bonds is 4. The van der Waals surface area contributed by atoms with E-state index in [9.17, 15) is 0 Å². The third-order valence-corrected chi connectivity index (χ3v) is 5.62. The van der Waals surface area contributed by atoms with Crippen molar-refractivity contribution in [3.63, 3.8) is 0 Å². The molecule has 2 N–H and O–H groups in total. The van der Waals surface area contributed by atoms with Gasteiger partial charge in [-0.2, -0.15) is 11.8 Å². The van der Waals surface area contributed by atoms with Gasteiger partial charge in [0.25, 0.3) is 0 Å². The zero-order valence-electron chi connectivity index (χ0n) is 11.1. The van der Waals surface area contributed by atoms with Crippen molar-refractivity contribution in [2.75, 3.05) is 12.3 Å². The van der Waals surface area contributed by atoms with E-state index < -0.39 is 0 Å². The largest absolute Gasteiger partial charge is 0.361 e. The number of H-pyrrole nitrogens is 1. The fraction of sp³-hybridized carbons (Fsp3) is 0.467. The Hall–Kier alpha value is -0.640. The van der Waals surface area contributed by atoms with Crippen molar-refractivity contribution in [1.29, 1.82) is 0 Å². The molecule has 1 aromatic heterocycles. The van der Waals surface area contributed by atoms with Crippen LogP contribution in [0.15, 0.2) is 24.4 Å². The van der Waals surface area contributed by atoms with Crippen LogP contribution in [-0.2, 0) is 6.54 Å². The summed E-state index contributed by atoms with van der Waals surface area (Å²) in [5.74, 6) is 1.31. The van der Waals surface area contributed by atoms with E-state index in [2.05, 4.69) is 41.2 Å². The maximum Gasteiger partial charge on any atom is 0.0472 e. The summed E-state index contributed by atoms with van der Waals surface area (Å²) in [6.45, 7) is 4.36. The van der Waals surface area contributed by atoms with Crippen LogP contribution in [-0.4, -0.2) is 22.0 Å². The molecule has 0 radical (unpaired) electrons.